The lowest BCUT2D eigenvalue weighted by molar-refractivity contribution is -0.163. The van der Waals surface area contributed by atoms with E-state index in [9.17, 15) is 9.59 Å². The molecule has 0 fully saturated rings. The van der Waals surface area contributed by atoms with Gasteiger partial charge in [0.15, 0.2) is 6.10 Å². The highest BCUT2D eigenvalue weighted by molar-refractivity contribution is 5.70. The summed E-state index contributed by atoms with van der Waals surface area (Å²) in [6.45, 7) is 7.82. The summed E-state index contributed by atoms with van der Waals surface area (Å²) in [5.41, 5.74) is 0. The lowest BCUT2D eigenvalue weighted by Gasteiger charge is -2.18. The highest BCUT2D eigenvalue weighted by Crippen LogP contribution is 2.16. The van der Waals surface area contributed by atoms with Crippen LogP contribution in [0.1, 0.15) is 290 Å². The number of esters is 2. The number of rotatable bonds is 51. The van der Waals surface area contributed by atoms with E-state index in [1.807, 2.05) is 0 Å². The molecule has 0 aromatic carbocycles. The maximum absolute atomic E-state index is 12.8. The number of hydrogen-bond acceptors (Lipinski definition) is 5. The third-order valence-electron chi connectivity index (χ3n) is 12.1. The molecule has 5 heteroatoms. The van der Waals surface area contributed by atoms with Crippen molar-refractivity contribution >= 4 is 11.9 Å². The van der Waals surface area contributed by atoms with Crippen molar-refractivity contribution in [3.05, 3.63) is 36.5 Å². The Labute approximate surface area is 387 Å². The van der Waals surface area contributed by atoms with E-state index < -0.39 is 6.10 Å². The molecule has 1 atom stereocenters. The molecule has 0 aliphatic rings. The second kappa shape index (κ2) is 53.5. The summed E-state index contributed by atoms with van der Waals surface area (Å²) in [5.74, 6) is -0.401. The van der Waals surface area contributed by atoms with Crippen molar-refractivity contribution in [2.75, 3.05) is 19.8 Å². The molecule has 0 radical (unpaired) electrons. The summed E-state index contributed by atoms with van der Waals surface area (Å²) in [7, 11) is 0. The average Bonchev–Trinajstić information content (AvgIpc) is 3.27. The molecule has 5 nitrogen and oxygen atoms in total. The van der Waals surface area contributed by atoms with Gasteiger partial charge in [0.25, 0.3) is 0 Å². The van der Waals surface area contributed by atoms with Gasteiger partial charge in [-0.1, -0.05) is 237 Å². The zero-order valence-electron chi connectivity index (χ0n) is 41.9. The van der Waals surface area contributed by atoms with Gasteiger partial charge < -0.3 is 14.2 Å². The van der Waals surface area contributed by atoms with Gasteiger partial charge in [-0.2, -0.15) is 0 Å². The Morgan fingerprint density at radius 2 is 0.677 bits per heavy atom. The fraction of sp³-hybridized carbons (Fsp3) is 0.860. The minimum atomic E-state index is -0.539. The molecule has 0 aliphatic heterocycles. The first kappa shape index (κ1) is 60.1. The minimum absolute atomic E-state index is 0.0827. The minimum Gasteiger partial charge on any atom is -0.462 e. The van der Waals surface area contributed by atoms with Crippen LogP contribution < -0.4 is 0 Å². The molecule has 0 amide bonds. The van der Waals surface area contributed by atoms with Crippen molar-refractivity contribution in [2.45, 2.75) is 297 Å². The Kier molecular flexibility index (Phi) is 51.8. The summed E-state index contributed by atoms with van der Waals surface area (Å²) in [5, 5.41) is 0. The Morgan fingerprint density at radius 1 is 0.355 bits per heavy atom. The largest absolute Gasteiger partial charge is 0.462 e. The quantitative estimate of drug-likeness (QED) is 0.0346. The maximum Gasteiger partial charge on any atom is 0.306 e. The van der Waals surface area contributed by atoms with Crippen LogP contribution in [-0.2, 0) is 23.8 Å². The highest BCUT2D eigenvalue weighted by atomic mass is 16.6. The van der Waals surface area contributed by atoms with Gasteiger partial charge in [0.2, 0.25) is 0 Å². The molecule has 0 N–H and O–H groups in total. The summed E-state index contributed by atoms with van der Waals surface area (Å²) >= 11 is 0. The molecule has 0 aliphatic carbocycles. The van der Waals surface area contributed by atoms with E-state index in [2.05, 4.69) is 57.2 Å². The predicted molar refractivity (Wildman–Crippen MR) is 270 cm³/mol. The van der Waals surface area contributed by atoms with Crippen LogP contribution in [0.15, 0.2) is 36.5 Å². The van der Waals surface area contributed by atoms with Crippen molar-refractivity contribution in [1.82, 2.24) is 0 Å². The molecule has 0 rings (SSSR count). The fourth-order valence-electron chi connectivity index (χ4n) is 8.01. The molecule has 62 heavy (non-hydrogen) atoms. The molecule has 0 saturated heterocycles. The van der Waals surface area contributed by atoms with Gasteiger partial charge in [0, 0.05) is 19.4 Å². The molecule has 0 saturated carbocycles. The maximum atomic E-state index is 12.8. The van der Waals surface area contributed by atoms with Gasteiger partial charge in [0.1, 0.15) is 6.61 Å². The van der Waals surface area contributed by atoms with Crippen LogP contribution in [0.25, 0.3) is 0 Å². The molecule has 0 spiro atoms. The van der Waals surface area contributed by atoms with Gasteiger partial charge in [0.05, 0.1) is 6.61 Å². The summed E-state index contributed by atoms with van der Waals surface area (Å²) < 4.78 is 17.4. The van der Waals surface area contributed by atoms with E-state index in [0.717, 1.165) is 57.8 Å². The Hall–Kier alpha value is -1.88. The Bertz CT molecular complexity index is 986. The smallest absolute Gasteiger partial charge is 0.306 e. The number of ether oxygens (including phenoxy) is 3. The van der Waals surface area contributed by atoms with Crippen LogP contribution in [-0.4, -0.2) is 37.9 Å². The standard InChI is InChI=1S/C57H106O5/c1-4-7-10-13-16-19-22-25-27-29-30-33-35-38-41-44-47-50-56(58)61-54-55(62-57(59)51-48-45-42-39-36-32-24-21-18-15-12-9-6-3)53-60-52-49-46-43-40-37-34-31-28-26-23-20-17-14-11-8-5-2/h16,19,21,24-25,27,55H,4-15,17-18,20,22-23,26,28-54H2,1-3H3/b19-16-,24-21-,27-25-/t55-/m1/s1. The first-order valence-corrected chi connectivity index (χ1v) is 27.5. The molecule has 0 bridgehead atoms. The molecule has 0 aromatic rings. The second-order valence-corrected chi connectivity index (χ2v) is 18.5. The van der Waals surface area contributed by atoms with E-state index in [4.69, 9.17) is 14.2 Å². The monoisotopic (exact) mass is 871 g/mol. The molecule has 0 heterocycles. The van der Waals surface area contributed by atoms with Crippen LogP contribution in [0.3, 0.4) is 0 Å². The highest BCUT2D eigenvalue weighted by Gasteiger charge is 2.17. The van der Waals surface area contributed by atoms with Crippen molar-refractivity contribution in [3.8, 4) is 0 Å². The predicted octanol–water partition coefficient (Wildman–Crippen LogP) is 18.6. The van der Waals surface area contributed by atoms with Gasteiger partial charge in [-0.15, -0.1) is 0 Å². The normalized spacial score (nSPS) is 12.4. The number of allylic oxidation sites excluding steroid dienone is 6. The number of carbonyl (C=O) groups excluding carboxylic acids is 2. The van der Waals surface area contributed by atoms with Gasteiger partial charge in [-0.3, -0.25) is 9.59 Å². The van der Waals surface area contributed by atoms with Gasteiger partial charge in [-0.05, 0) is 77.0 Å². The second-order valence-electron chi connectivity index (χ2n) is 18.5. The van der Waals surface area contributed by atoms with Crippen molar-refractivity contribution in [2.24, 2.45) is 0 Å². The van der Waals surface area contributed by atoms with Crippen LogP contribution >= 0.6 is 0 Å². The molecule has 0 unspecified atom stereocenters. The summed E-state index contributed by atoms with van der Waals surface area (Å²) in [6, 6.07) is 0. The van der Waals surface area contributed by atoms with Crippen molar-refractivity contribution in [1.29, 1.82) is 0 Å². The summed E-state index contributed by atoms with van der Waals surface area (Å²) in [4.78, 5) is 25.4. The zero-order chi connectivity index (χ0) is 44.9. The van der Waals surface area contributed by atoms with Crippen molar-refractivity contribution < 1.29 is 23.8 Å². The number of unbranched alkanes of at least 4 members (excludes halogenated alkanes) is 34. The lowest BCUT2D eigenvalue weighted by atomic mass is 10.0. The van der Waals surface area contributed by atoms with Gasteiger partial charge >= 0.3 is 11.9 Å². The Balaban J connectivity index is 4.24. The Morgan fingerprint density at radius 3 is 1.13 bits per heavy atom. The molecule has 0 aromatic heterocycles. The van der Waals surface area contributed by atoms with E-state index in [1.54, 1.807) is 0 Å². The van der Waals surface area contributed by atoms with Crippen LogP contribution in [0.2, 0.25) is 0 Å². The first-order valence-electron chi connectivity index (χ1n) is 27.5. The van der Waals surface area contributed by atoms with E-state index >= 15 is 0 Å². The van der Waals surface area contributed by atoms with Crippen LogP contribution in [0, 0.1) is 0 Å². The zero-order valence-corrected chi connectivity index (χ0v) is 41.9. The topological polar surface area (TPSA) is 61.8 Å². The SMILES string of the molecule is CCCCC/C=C\C/C=C\CCCCCCCCCC(=O)OC[C@@H](COCCCCCCCCCCCCCCCCCC)OC(=O)CCCCCCC/C=C\CCCCCC. The molecule has 364 valence electrons. The lowest BCUT2D eigenvalue weighted by Crippen LogP contribution is -2.30. The number of hydrogen-bond donors (Lipinski definition) is 0. The molecular weight excluding hydrogens is 765 g/mol. The third kappa shape index (κ3) is 50.8. The average molecular weight is 871 g/mol. The first-order chi connectivity index (χ1) is 30.6. The fourth-order valence-corrected chi connectivity index (χ4v) is 8.01. The third-order valence-corrected chi connectivity index (χ3v) is 12.1. The van der Waals surface area contributed by atoms with Crippen LogP contribution in [0.5, 0.6) is 0 Å². The van der Waals surface area contributed by atoms with E-state index in [-0.39, 0.29) is 25.2 Å². The molecular formula is C57H106O5. The van der Waals surface area contributed by atoms with E-state index in [1.165, 1.54) is 199 Å². The number of carbonyl (C=O) groups is 2. The van der Waals surface area contributed by atoms with Crippen molar-refractivity contribution in [3.63, 3.8) is 0 Å². The summed E-state index contributed by atoms with van der Waals surface area (Å²) in [6.07, 6.45) is 64.4. The van der Waals surface area contributed by atoms with Crippen LogP contribution in [0.4, 0.5) is 0 Å². The van der Waals surface area contributed by atoms with Gasteiger partial charge in [-0.25, -0.2) is 0 Å². The van der Waals surface area contributed by atoms with E-state index in [0.29, 0.717) is 19.4 Å².